The molecular formula is C14H19BrN2O2. The average molecular weight is 327 g/mol. The lowest BCUT2D eigenvalue weighted by Gasteiger charge is -2.21. The number of methoxy groups -OCH3 is 1. The van der Waals surface area contributed by atoms with Gasteiger partial charge in [-0.25, -0.2) is 0 Å². The lowest BCUT2D eigenvalue weighted by Crippen LogP contribution is -2.27. The summed E-state index contributed by atoms with van der Waals surface area (Å²) in [6.07, 6.45) is 2.50. The summed E-state index contributed by atoms with van der Waals surface area (Å²) in [6, 6.07) is 4.14. The predicted molar refractivity (Wildman–Crippen MR) is 79.7 cm³/mol. The Bertz CT molecular complexity index is 477. The topological polar surface area (TPSA) is 50.4 Å². The van der Waals surface area contributed by atoms with Crippen molar-refractivity contribution in [1.29, 1.82) is 0 Å². The molecule has 1 aliphatic heterocycles. The van der Waals surface area contributed by atoms with Crippen molar-refractivity contribution in [1.82, 2.24) is 5.32 Å². The van der Waals surface area contributed by atoms with Crippen LogP contribution in [0.15, 0.2) is 16.6 Å². The molecule has 1 amide bonds. The zero-order chi connectivity index (χ0) is 13.8. The molecule has 1 atom stereocenters. The number of benzene rings is 1. The highest BCUT2D eigenvalue weighted by molar-refractivity contribution is 9.10. The van der Waals surface area contributed by atoms with Crippen LogP contribution in [0.3, 0.4) is 0 Å². The van der Waals surface area contributed by atoms with Gasteiger partial charge < -0.3 is 15.4 Å². The second-order valence-corrected chi connectivity index (χ2v) is 5.75. The molecule has 0 radical (unpaired) electrons. The normalized spacial score (nSPS) is 19.5. The van der Waals surface area contributed by atoms with Crippen molar-refractivity contribution in [2.45, 2.75) is 32.2 Å². The summed E-state index contributed by atoms with van der Waals surface area (Å²) in [5.41, 5.74) is 2.08. The van der Waals surface area contributed by atoms with E-state index in [2.05, 4.69) is 26.6 Å². The van der Waals surface area contributed by atoms with Crippen LogP contribution in [0.1, 0.15) is 24.8 Å². The number of anilines is 1. The van der Waals surface area contributed by atoms with Gasteiger partial charge in [0.25, 0.3) is 0 Å². The number of amides is 1. The van der Waals surface area contributed by atoms with Crippen LogP contribution in [0.25, 0.3) is 0 Å². The number of hydrogen-bond acceptors (Lipinski definition) is 3. The molecule has 104 valence electrons. The van der Waals surface area contributed by atoms with Gasteiger partial charge in [0.2, 0.25) is 5.91 Å². The highest BCUT2D eigenvalue weighted by Crippen LogP contribution is 2.33. The largest absolute Gasteiger partial charge is 0.495 e. The second kappa shape index (κ2) is 6.28. The number of hydrogen-bond donors (Lipinski definition) is 2. The minimum Gasteiger partial charge on any atom is -0.495 e. The first-order valence-corrected chi connectivity index (χ1v) is 7.27. The van der Waals surface area contributed by atoms with E-state index >= 15 is 0 Å². The van der Waals surface area contributed by atoms with Crippen LogP contribution >= 0.6 is 15.9 Å². The Hall–Kier alpha value is -1.23. The quantitative estimate of drug-likeness (QED) is 0.898. The fraction of sp³-hybridized carbons (Fsp3) is 0.500. The van der Waals surface area contributed by atoms with Gasteiger partial charge in [-0.05, 0) is 37.5 Å². The van der Waals surface area contributed by atoms with Crippen LogP contribution in [0, 0.1) is 6.92 Å². The Morgan fingerprint density at radius 1 is 1.47 bits per heavy atom. The summed E-state index contributed by atoms with van der Waals surface area (Å²) < 4.78 is 6.41. The van der Waals surface area contributed by atoms with Crippen LogP contribution in [0.2, 0.25) is 0 Å². The smallest absolute Gasteiger partial charge is 0.222 e. The van der Waals surface area contributed by atoms with E-state index in [1.54, 1.807) is 7.11 Å². The van der Waals surface area contributed by atoms with Gasteiger partial charge in [-0.1, -0.05) is 15.9 Å². The number of nitrogens with one attached hydrogen (secondary N) is 2. The molecule has 1 aromatic rings. The minimum absolute atomic E-state index is 0.115. The van der Waals surface area contributed by atoms with Crippen LogP contribution in [-0.2, 0) is 4.79 Å². The van der Waals surface area contributed by atoms with E-state index in [-0.39, 0.29) is 11.9 Å². The molecule has 19 heavy (non-hydrogen) atoms. The first-order valence-electron chi connectivity index (χ1n) is 6.47. The number of aryl methyl sites for hydroxylation is 1. The molecule has 0 aliphatic carbocycles. The van der Waals surface area contributed by atoms with E-state index in [9.17, 15) is 4.79 Å². The van der Waals surface area contributed by atoms with Crippen LogP contribution in [0.4, 0.5) is 5.69 Å². The van der Waals surface area contributed by atoms with E-state index in [4.69, 9.17) is 4.74 Å². The fourth-order valence-electron chi connectivity index (χ4n) is 2.36. The van der Waals surface area contributed by atoms with Crippen LogP contribution in [-0.4, -0.2) is 25.6 Å². The number of rotatable bonds is 3. The molecular weight excluding hydrogens is 308 g/mol. The molecule has 4 nitrogen and oxygen atoms in total. The first-order chi connectivity index (χ1) is 9.10. The molecule has 2 N–H and O–H groups in total. The lowest BCUT2D eigenvalue weighted by molar-refractivity contribution is -0.120. The SMILES string of the molecule is COc1cc(Br)cc(C)c1NC1CCCNC(=O)C1. The summed E-state index contributed by atoms with van der Waals surface area (Å²) >= 11 is 3.46. The molecule has 1 aromatic carbocycles. The number of carbonyl (C=O) groups excluding carboxylic acids is 1. The van der Waals surface area contributed by atoms with Crippen molar-refractivity contribution in [2.24, 2.45) is 0 Å². The van der Waals surface area contributed by atoms with Gasteiger partial charge in [-0.15, -0.1) is 0 Å². The van der Waals surface area contributed by atoms with Gasteiger partial charge in [0.15, 0.2) is 0 Å². The molecule has 1 unspecified atom stereocenters. The maximum Gasteiger partial charge on any atom is 0.222 e. The molecule has 2 rings (SSSR count). The summed E-state index contributed by atoms with van der Waals surface area (Å²) in [6.45, 7) is 2.81. The molecule has 1 aliphatic rings. The van der Waals surface area contributed by atoms with Gasteiger partial charge in [-0.2, -0.15) is 0 Å². The minimum atomic E-state index is 0.115. The van der Waals surface area contributed by atoms with Crippen LogP contribution < -0.4 is 15.4 Å². The van der Waals surface area contributed by atoms with E-state index in [1.165, 1.54) is 0 Å². The van der Waals surface area contributed by atoms with E-state index in [0.717, 1.165) is 40.9 Å². The van der Waals surface area contributed by atoms with Crippen molar-refractivity contribution in [2.75, 3.05) is 19.0 Å². The van der Waals surface area contributed by atoms with Gasteiger partial charge in [0.1, 0.15) is 5.75 Å². The summed E-state index contributed by atoms with van der Waals surface area (Å²) in [5, 5.41) is 6.35. The Morgan fingerprint density at radius 3 is 3.00 bits per heavy atom. The van der Waals surface area contributed by atoms with Crippen molar-refractivity contribution >= 4 is 27.5 Å². The predicted octanol–water partition coefficient (Wildman–Crippen LogP) is 2.85. The Kier molecular flexibility index (Phi) is 4.69. The molecule has 1 saturated heterocycles. The summed E-state index contributed by atoms with van der Waals surface area (Å²) in [7, 11) is 1.66. The molecule has 0 spiro atoms. The van der Waals surface area contributed by atoms with Gasteiger partial charge in [0.05, 0.1) is 12.8 Å². The van der Waals surface area contributed by atoms with Crippen LogP contribution in [0.5, 0.6) is 5.75 Å². The average Bonchev–Trinajstić information content (AvgIpc) is 2.56. The highest BCUT2D eigenvalue weighted by atomic mass is 79.9. The standard InChI is InChI=1S/C14H19BrN2O2/c1-9-6-10(15)7-12(19-2)14(9)17-11-4-3-5-16-13(18)8-11/h6-7,11,17H,3-5,8H2,1-2H3,(H,16,18). The highest BCUT2D eigenvalue weighted by Gasteiger charge is 2.19. The van der Waals surface area contributed by atoms with Gasteiger partial charge in [-0.3, -0.25) is 4.79 Å². The maximum absolute atomic E-state index is 11.6. The Morgan fingerprint density at radius 2 is 2.26 bits per heavy atom. The fourth-order valence-corrected chi connectivity index (χ4v) is 2.91. The molecule has 0 aromatic heterocycles. The summed E-state index contributed by atoms with van der Waals surface area (Å²) in [4.78, 5) is 11.6. The van der Waals surface area contributed by atoms with Crippen molar-refractivity contribution in [3.63, 3.8) is 0 Å². The maximum atomic E-state index is 11.6. The van der Waals surface area contributed by atoms with Crippen molar-refractivity contribution in [3.8, 4) is 5.75 Å². The number of carbonyl (C=O) groups is 1. The summed E-state index contributed by atoms with van der Waals surface area (Å²) in [5.74, 6) is 0.917. The molecule has 0 saturated carbocycles. The number of halogens is 1. The Balaban J connectivity index is 2.19. The molecule has 0 bridgehead atoms. The van der Waals surface area contributed by atoms with E-state index < -0.39 is 0 Å². The lowest BCUT2D eigenvalue weighted by atomic mass is 10.1. The Labute approximate surface area is 122 Å². The third-order valence-corrected chi connectivity index (χ3v) is 3.77. The van der Waals surface area contributed by atoms with Crippen molar-refractivity contribution < 1.29 is 9.53 Å². The zero-order valence-corrected chi connectivity index (χ0v) is 12.8. The third-order valence-electron chi connectivity index (χ3n) is 3.32. The molecule has 5 heteroatoms. The first kappa shape index (κ1) is 14.2. The van der Waals surface area contributed by atoms with Gasteiger partial charge >= 0.3 is 0 Å². The van der Waals surface area contributed by atoms with E-state index in [1.807, 2.05) is 19.1 Å². The van der Waals surface area contributed by atoms with Crippen molar-refractivity contribution in [3.05, 3.63) is 22.2 Å². The second-order valence-electron chi connectivity index (χ2n) is 4.84. The molecule has 1 fully saturated rings. The zero-order valence-electron chi connectivity index (χ0n) is 11.3. The van der Waals surface area contributed by atoms with E-state index in [0.29, 0.717) is 6.42 Å². The molecule has 1 heterocycles. The number of ether oxygens (including phenoxy) is 1. The third kappa shape index (κ3) is 3.62. The van der Waals surface area contributed by atoms with Gasteiger partial charge in [0, 0.05) is 23.5 Å². The monoisotopic (exact) mass is 326 g/mol.